The Hall–Kier alpha value is -1.84. The maximum Gasteiger partial charge on any atom is 0.176 e. The summed E-state index contributed by atoms with van der Waals surface area (Å²) in [4.78, 5) is 15.6. The first-order valence-corrected chi connectivity index (χ1v) is 13.2. The number of hydrogen-bond donors (Lipinski definition) is 0. The molecule has 0 aliphatic carbocycles. The molecule has 1 unspecified atom stereocenters. The molecule has 0 aliphatic rings. The van der Waals surface area contributed by atoms with Gasteiger partial charge in [0.05, 0.1) is 6.54 Å². The third-order valence-corrected chi connectivity index (χ3v) is 7.96. The molecule has 0 aliphatic heterocycles. The van der Waals surface area contributed by atoms with Gasteiger partial charge in [-0.15, -0.1) is 0 Å². The molecule has 1 atom stereocenters. The molecule has 0 bridgehead atoms. The smallest absolute Gasteiger partial charge is 0.176 e. The molecule has 188 valence electrons. The zero-order valence-corrected chi connectivity index (χ0v) is 23.3. The van der Waals surface area contributed by atoms with E-state index < -0.39 is 5.72 Å². The molecule has 0 radical (unpaired) electrons. The second-order valence-corrected chi connectivity index (χ2v) is 11.0. The monoisotopic (exact) mass is 485 g/mol. The summed E-state index contributed by atoms with van der Waals surface area (Å²) in [6, 6.07) is 15.7. The number of halogens is 1. The highest BCUT2D eigenvalue weighted by Gasteiger charge is 2.50. The average molecular weight is 486 g/mol. The van der Waals surface area contributed by atoms with Gasteiger partial charge in [0.1, 0.15) is 5.75 Å². The summed E-state index contributed by atoms with van der Waals surface area (Å²) in [7, 11) is 0. The van der Waals surface area contributed by atoms with E-state index in [1.165, 1.54) is 5.56 Å². The van der Waals surface area contributed by atoms with Crippen LogP contribution in [0, 0.1) is 5.41 Å². The SMILES string of the molecule is CCCN(CC(=O)c1ccc(Cl)cc1)C(CC)(Oc1cccc(C(C)(C)CC)c1)C(C)(C)CC. The molecular weight excluding hydrogens is 442 g/mol. The van der Waals surface area contributed by atoms with Crippen molar-refractivity contribution in [1.29, 1.82) is 0 Å². The van der Waals surface area contributed by atoms with E-state index in [1.54, 1.807) is 12.1 Å². The van der Waals surface area contributed by atoms with Gasteiger partial charge in [-0.1, -0.05) is 79.1 Å². The number of Topliss-reactive ketones (excluding diaryl/α,β-unsaturated/α-hetero) is 1. The highest BCUT2D eigenvalue weighted by atomic mass is 35.5. The van der Waals surface area contributed by atoms with E-state index in [0.29, 0.717) is 17.1 Å². The van der Waals surface area contributed by atoms with E-state index in [2.05, 4.69) is 84.6 Å². The molecule has 4 heteroatoms. The summed E-state index contributed by atoms with van der Waals surface area (Å²) < 4.78 is 7.01. The van der Waals surface area contributed by atoms with Gasteiger partial charge in [0.25, 0.3) is 0 Å². The zero-order chi connectivity index (χ0) is 25.6. The maximum atomic E-state index is 13.4. The lowest BCUT2D eigenvalue weighted by Gasteiger charge is -2.52. The van der Waals surface area contributed by atoms with Crippen molar-refractivity contribution < 1.29 is 9.53 Å². The minimum absolute atomic E-state index is 0.0716. The Morgan fingerprint density at radius 2 is 1.56 bits per heavy atom. The van der Waals surface area contributed by atoms with Gasteiger partial charge < -0.3 is 4.74 Å². The number of ketones is 1. The molecule has 0 saturated carbocycles. The van der Waals surface area contributed by atoms with E-state index in [0.717, 1.165) is 38.0 Å². The van der Waals surface area contributed by atoms with E-state index in [-0.39, 0.29) is 16.6 Å². The lowest BCUT2D eigenvalue weighted by molar-refractivity contribution is -0.164. The lowest BCUT2D eigenvalue weighted by Crippen LogP contribution is -2.63. The van der Waals surface area contributed by atoms with E-state index in [1.807, 2.05) is 12.1 Å². The molecule has 2 aromatic carbocycles. The Kier molecular flexibility index (Phi) is 9.80. The summed E-state index contributed by atoms with van der Waals surface area (Å²) in [5.41, 5.74) is 1.20. The predicted octanol–water partition coefficient (Wildman–Crippen LogP) is 8.54. The van der Waals surface area contributed by atoms with Gasteiger partial charge in [-0.25, -0.2) is 0 Å². The van der Waals surface area contributed by atoms with E-state index >= 15 is 0 Å². The molecule has 0 amide bonds. The summed E-state index contributed by atoms with van der Waals surface area (Å²) in [5, 5.41) is 0.634. The molecule has 0 heterocycles. The van der Waals surface area contributed by atoms with Crippen LogP contribution >= 0.6 is 11.6 Å². The van der Waals surface area contributed by atoms with Crippen LogP contribution in [0.2, 0.25) is 5.02 Å². The fourth-order valence-corrected chi connectivity index (χ4v) is 4.74. The molecule has 2 aromatic rings. The number of carbonyl (C=O) groups is 1. The zero-order valence-electron chi connectivity index (χ0n) is 22.5. The summed E-state index contributed by atoms with van der Waals surface area (Å²) >= 11 is 6.05. The number of hydrogen-bond acceptors (Lipinski definition) is 3. The Balaban J connectivity index is 2.53. The Morgan fingerprint density at radius 1 is 0.912 bits per heavy atom. The number of nitrogens with zero attached hydrogens (tertiary/aromatic N) is 1. The number of benzene rings is 2. The third-order valence-electron chi connectivity index (χ3n) is 7.71. The van der Waals surface area contributed by atoms with Crippen LogP contribution in [0.15, 0.2) is 48.5 Å². The highest BCUT2D eigenvalue weighted by molar-refractivity contribution is 6.30. The van der Waals surface area contributed by atoms with Crippen LogP contribution in [0.25, 0.3) is 0 Å². The van der Waals surface area contributed by atoms with E-state index in [9.17, 15) is 4.79 Å². The van der Waals surface area contributed by atoms with Crippen LogP contribution in [0.1, 0.15) is 97.0 Å². The van der Waals surface area contributed by atoms with Gasteiger partial charge in [0, 0.05) is 22.5 Å². The molecule has 3 nitrogen and oxygen atoms in total. The van der Waals surface area contributed by atoms with Crippen molar-refractivity contribution in [2.45, 2.75) is 92.2 Å². The summed E-state index contributed by atoms with van der Waals surface area (Å²) in [6.45, 7) is 18.9. The number of rotatable bonds is 13. The Morgan fingerprint density at radius 3 is 2.09 bits per heavy atom. The fourth-order valence-electron chi connectivity index (χ4n) is 4.62. The minimum Gasteiger partial charge on any atom is -0.472 e. The lowest BCUT2D eigenvalue weighted by atomic mass is 9.75. The minimum atomic E-state index is -0.630. The van der Waals surface area contributed by atoms with Gasteiger partial charge in [-0.05, 0) is 73.1 Å². The molecule has 2 rings (SSSR count). The topological polar surface area (TPSA) is 29.5 Å². The van der Waals surface area contributed by atoms with Gasteiger partial charge in [-0.2, -0.15) is 0 Å². The van der Waals surface area contributed by atoms with Crippen molar-refractivity contribution >= 4 is 17.4 Å². The van der Waals surface area contributed by atoms with Crippen molar-refractivity contribution in [2.24, 2.45) is 5.41 Å². The van der Waals surface area contributed by atoms with Crippen LogP contribution in [0.3, 0.4) is 0 Å². The second kappa shape index (κ2) is 11.7. The molecule has 34 heavy (non-hydrogen) atoms. The molecule has 0 spiro atoms. The fraction of sp³-hybridized carbons (Fsp3) is 0.567. The first-order valence-electron chi connectivity index (χ1n) is 12.8. The second-order valence-electron chi connectivity index (χ2n) is 10.6. The van der Waals surface area contributed by atoms with Crippen molar-refractivity contribution in [3.05, 3.63) is 64.7 Å². The van der Waals surface area contributed by atoms with Crippen LogP contribution < -0.4 is 4.74 Å². The van der Waals surface area contributed by atoms with Gasteiger partial charge in [0.2, 0.25) is 0 Å². The maximum absolute atomic E-state index is 13.4. The van der Waals surface area contributed by atoms with Crippen molar-refractivity contribution in [3.8, 4) is 5.75 Å². The Labute approximate surface area is 212 Å². The van der Waals surface area contributed by atoms with Crippen molar-refractivity contribution in [2.75, 3.05) is 13.1 Å². The highest BCUT2D eigenvalue weighted by Crippen LogP contribution is 2.44. The van der Waals surface area contributed by atoms with Crippen molar-refractivity contribution in [1.82, 2.24) is 4.90 Å². The Bertz CT molecular complexity index is 935. The first kappa shape index (κ1) is 28.4. The van der Waals surface area contributed by atoms with Crippen LogP contribution in [0.4, 0.5) is 0 Å². The van der Waals surface area contributed by atoms with Crippen LogP contribution in [0.5, 0.6) is 5.75 Å². The largest absolute Gasteiger partial charge is 0.472 e. The quantitative estimate of drug-likeness (QED) is 0.210. The van der Waals surface area contributed by atoms with Gasteiger partial charge in [-0.3, -0.25) is 9.69 Å². The van der Waals surface area contributed by atoms with Gasteiger partial charge in [0.15, 0.2) is 11.5 Å². The number of ether oxygens (including phenoxy) is 1. The third kappa shape index (κ3) is 6.23. The number of carbonyl (C=O) groups excluding carboxylic acids is 1. The first-order chi connectivity index (χ1) is 16.0. The van der Waals surface area contributed by atoms with E-state index in [4.69, 9.17) is 16.3 Å². The summed E-state index contributed by atoms with van der Waals surface area (Å²) in [6.07, 6.45) is 3.68. The molecular formula is C30H44ClNO2. The molecule has 0 N–H and O–H groups in total. The average Bonchev–Trinajstić information content (AvgIpc) is 2.82. The normalized spacial score (nSPS) is 14.2. The standard InChI is InChI=1S/C30H44ClNO2/c1-9-20-32(22-27(33)23-16-18-25(31)19-17-23)30(12-4,29(7,8)11-3)34-26-15-13-14-24(21-26)28(5,6)10-2/h13-19,21H,9-12,20,22H2,1-8H3. The molecule has 0 fully saturated rings. The molecule has 0 saturated heterocycles. The van der Waals surface area contributed by atoms with Crippen LogP contribution in [-0.4, -0.2) is 29.5 Å². The van der Waals surface area contributed by atoms with Crippen molar-refractivity contribution in [3.63, 3.8) is 0 Å². The van der Waals surface area contributed by atoms with Gasteiger partial charge >= 0.3 is 0 Å². The molecule has 0 aromatic heterocycles. The predicted molar refractivity (Wildman–Crippen MR) is 145 cm³/mol. The van der Waals surface area contributed by atoms with Crippen LogP contribution in [-0.2, 0) is 5.41 Å². The summed E-state index contributed by atoms with van der Waals surface area (Å²) in [5.74, 6) is 0.946.